The van der Waals surface area contributed by atoms with Gasteiger partial charge in [-0.3, -0.25) is 14.9 Å². The van der Waals surface area contributed by atoms with Crippen LogP contribution >= 0.6 is 0 Å². The molecule has 0 aromatic heterocycles. The number of carbonyl (C=O) groups excluding carboxylic acids is 1. The van der Waals surface area contributed by atoms with E-state index in [2.05, 4.69) is 15.3 Å². The maximum Gasteiger partial charge on any atom is 0.326 e. The van der Waals surface area contributed by atoms with Crippen molar-refractivity contribution in [1.29, 1.82) is 0 Å². The zero-order chi connectivity index (χ0) is 20.3. The smallest absolute Gasteiger partial charge is 0.326 e. The van der Waals surface area contributed by atoms with Crippen LogP contribution in [0.2, 0.25) is 0 Å². The summed E-state index contributed by atoms with van der Waals surface area (Å²) in [7, 11) is 2.81. The molecule has 0 aromatic carbocycles. The monoisotopic (exact) mass is 384 g/mol. The molecule has 0 bridgehead atoms. The topological polar surface area (TPSA) is 153 Å². The molecule has 27 heavy (non-hydrogen) atoms. The molecule has 0 radical (unpaired) electrons. The first kappa shape index (κ1) is 20.6. The zero-order valence-electron chi connectivity index (χ0n) is 15.6. The van der Waals surface area contributed by atoms with E-state index < -0.39 is 47.9 Å². The lowest BCUT2D eigenvalue weighted by Gasteiger charge is -2.41. The Bertz CT molecular complexity index is 678. The van der Waals surface area contributed by atoms with E-state index in [0.29, 0.717) is 0 Å². The molecule has 0 spiro atoms. The molecule has 1 amide bonds. The molecule has 2 aliphatic rings. The third-order valence-corrected chi connectivity index (χ3v) is 5.17. The quantitative estimate of drug-likeness (QED) is 0.504. The number of carboxylic acid groups (broad SMARTS) is 1. The van der Waals surface area contributed by atoms with Gasteiger partial charge in [0.05, 0.1) is 26.3 Å². The summed E-state index contributed by atoms with van der Waals surface area (Å²) in [6.45, 7) is 2.93. The maximum atomic E-state index is 11.6. The number of ether oxygens (including phenoxy) is 2. The average molecular weight is 384 g/mol. The highest BCUT2D eigenvalue weighted by molar-refractivity contribution is 6.35. The fraction of sp³-hybridized carbons (Fsp3) is 0.750. The molecule has 1 aliphatic carbocycles. The van der Waals surface area contributed by atoms with Crippen molar-refractivity contribution in [3.05, 3.63) is 10.1 Å². The minimum atomic E-state index is -1.20. The number of rotatable bonds is 5. The first-order valence-electron chi connectivity index (χ1n) is 8.56. The second kappa shape index (κ2) is 8.31. The van der Waals surface area contributed by atoms with Crippen LogP contribution in [0.15, 0.2) is 9.98 Å². The SMILES string of the molecule is COC1=NC2CC([N+](=O)[O-])C(C)C(CC(NC(C)=O)C(=O)O)C2N=C1OC. The van der Waals surface area contributed by atoms with Gasteiger partial charge in [-0.2, -0.15) is 0 Å². The van der Waals surface area contributed by atoms with Crippen LogP contribution in [0.3, 0.4) is 0 Å². The van der Waals surface area contributed by atoms with Gasteiger partial charge in [0.25, 0.3) is 11.8 Å². The van der Waals surface area contributed by atoms with E-state index in [1.54, 1.807) is 6.92 Å². The van der Waals surface area contributed by atoms with Crippen molar-refractivity contribution >= 4 is 23.7 Å². The Labute approximate surface area is 156 Å². The fourth-order valence-corrected chi connectivity index (χ4v) is 3.84. The molecule has 150 valence electrons. The van der Waals surface area contributed by atoms with Crippen molar-refractivity contribution in [2.75, 3.05) is 14.2 Å². The molecule has 1 aliphatic heterocycles. The Morgan fingerprint density at radius 3 is 2.41 bits per heavy atom. The molecule has 11 nitrogen and oxygen atoms in total. The van der Waals surface area contributed by atoms with E-state index in [9.17, 15) is 24.8 Å². The van der Waals surface area contributed by atoms with Crippen molar-refractivity contribution in [2.24, 2.45) is 21.8 Å². The second-order valence-corrected chi connectivity index (χ2v) is 6.77. The number of hydrogen-bond donors (Lipinski definition) is 2. The fourth-order valence-electron chi connectivity index (χ4n) is 3.84. The van der Waals surface area contributed by atoms with Gasteiger partial charge in [-0.05, 0) is 12.3 Å². The van der Waals surface area contributed by atoms with Gasteiger partial charge in [-0.25, -0.2) is 14.8 Å². The molecule has 1 saturated carbocycles. The van der Waals surface area contributed by atoms with Crippen LogP contribution in [-0.4, -0.2) is 72.1 Å². The Kier molecular flexibility index (Phi) is 6.34. The van der Waals surface area contributed by atoms with E-state index in [1.807, 2.05) is 0 Å². The normalized spacial score (nSPS) is 30.9. The van der Waals surface area contributed by atoms with Crippen LogP contribution in [-0.2, 0) is 19.1 Å². The minimum Gasteiger partial charge on any atom is -0.480 e. The molecular weight excluding hydrogens is 360 g/mol. The molecule has 2 rings (SSSR count). The van der Waals surface area contributed by atoms with E-state index in [1.165, 1.54) is 21.1 Å². The molecule has 6 unspecified atom stereocenters. The number of nitrogens with one attached hydrogen (secondary N) is 1. The van der Waals surface area contributed by atoms with Gasteiger partial charge < -0.3 is 19.9 Å². The average Bonchev–Trinajstić information content (AvgIpc) is 2.60. The van der Waals surface area contributed by atoms with E-state index in [4.69, 9.17) is 9.47 Å². The highest BCUT2D eigenvalue weighted by Gasteiger charge is 2.51. The van der Waals surface area contributed by atoms with Gasteiger partial charge in [-0.1, -0.05) is 6.92 Å². The Morgan fingerprint density at radius 2 is 1.93 bits per heavy atom. The Balaban J connectivity index is 2.39. The number of methoxy groups -OCH3 is 2. The van der Waals surface area contributed by atoms with Crippen LogP contribution in [0.4, 0.5) is 0 Å². The summed E-state index contributed by atoms with van der Waals surface area (Å²) in [5.74, 6) is -2.31. The van der Waals surface area contributed by atoms with Gasteiger partial charge in [0.2, 0.25) is 11.9 Å². The van der Waals surface area contributed by atoms with Gasteiger partial charge >= 0.3 is 5.97 Å². The number of aliphatic imine (C=N–C) groups is 2. The number of amides is 1. The van der Waals surface area contributed by atoms with Gasteiger partial charge in [0.15, 0.2) is 0 Å². The molecular formula is C16H24N4O7. The van der Waals surface area contributed by atoms with Crippen LogP contribution < -0.4 is 5.32 Å². The van der Waals surface area contributed by atoms with Crippen LogP contribution in [0.25, 0.3) is 0 Å². The summed E-state index contributed by atoms with van der Waals surface area (Å²) in [6, 6.07) is -3.10. The standard InChI is InChI=1S/C16H24N4O7/c1-7-9(5-11(16(22)23)17-8(2)21)13-10(6-12(7)20(24)25)18-14(26-3)15(19-13)27-4/h7,9-13H,5-6H2,1-4H3,(H,17,21)(H,22,23). The van der Waals surface area contributed by atoms with Gasteiger partial charge in [0.1, 0.15) is 6.04 Å². The number of nitrogens with zero attached hydrogens (tertiary/aromatic N) is 3. The van der Waals surface area contributed by atoms with Crippen molar-refractivity contribution in [3.8, 4) is 0 Å². The zero-order valence-corrected chi connectivity index (χ0v) is 15.6. The first-order chi connectivity index (χ1) is 12.7. The highest BCUT2D eigenvalue weighted by Crippen LogP contribution is 2.39. The van der Waals surface area contributed by atoms with Gasteiger partial charge in [-0.15, -0.1) is 0 Å². The number of hydrogen-bond acceptors (Lipinski definition) is 8. The third-order valence-electron chi connectivity index (χ3n) is 5.17. The van der Waals surface area contributed by atoms with Crippen LogP contribution in [0.1, 0.15) is 26.7 Å². The third kappa shape index (κ3) is 4.34. The van der Waals surface area contributed by atoms with Crippen molar-refractivity contribution in [2.45, 2.75) is 50.9 Å². The number of nitro groups is 1. The molecule has 0 aromatic rings. The predicted octanol–water partition coefficient (Wildman–Crippen LogP) is 0.108. The molecule has 11 heteroatoms. The largest absolute Gasteiger partial charge is 0.480 e. The lowest BCUT2D eigenvalue weighted by Crippen LogP contribution is -2.54. The summed E-state index contributed by atoms with van der Waals surface area (Å²) in [5.41, 5.74) is 0. The van der Waals surface area contributed by atoms with Crippen molar-refractivity contribution in [1.82, 2.24) is 5.32 Å². The molecule has 6 atom stereocenters. The number of carbonyl (C=O) groups is 2. The number of aliphatic carboxylic acids is 1. The summed E-state index contributed by atoms with van der Waals surface area (Å²) < 4.78 is 10.3. The van der Waals surface area contributed by atoms with Crippen LogP contribution in [0.5, 0.6) is 0 Å². The van der Waals surface area contributed by atoms with E-state index >= 15 is 0 Å². The lowest BCUT2D eigenvalue weighted by atomic mass is 9.69. The number of fused-ring (bicyclic) bond motifs is 1. The van der Waals surface area contributed by atoms with Crippen molar-refractivity contribution in [3.63, 3.8) is 0 Å². The van der Waals surface area contributed by atoms with Crippen molar-refractivity contribution < 1.29 is 29.1 Å². The maximum absolute atomic E-state index is 11.6. The minimum absolute atomic E-state index is 0.0000829. The molecule has 1 heterocycles. The Morgan fingerprint density at radius 1 is 1.33 bits per heavy atom. The molecule has 1 fully saturated rings. The molecule has 2 N–H and O–H groups in total. The summed E-state index contributed by atoms with van der Waals surface area (Å²) in [5, 5.41) is 23.3. The van der Waals surface area contributed by atoms with Crippen LogP contribution in [0, 0.1) is 22.0 Å². The second-order valence-electron chi connectivity index (χ2n) is 6.77. The summed E-state index contributed by atoms with van der Waals surface area (Å²) >= 11 is 0. The van der Waals surface area contributed by atoms with E-state index in [-0.39, 0.29) is 29.6 Å². The predicted molar refractivity (Wildman–Crippen MR) is 94.4 cm³/mol. The first-order valence-corrected chi connectivity index (χ1v) is 8.56. The highest BCUT2D eigenvalue weighted by atomic mass is 16.6. The lowest BCUT2D eigenvalue weighted by molar-refractivity contribution is -0.538. The molecule has 0 saturated heterocycles. The summed E-state index contributed by atoms with van der Waals surface area (Å²) in [4.78, 5) is 43.0. The van der Waals surface area contributed by atoms with Gasteiger partial charge in [0, 0.05) is 24.2 Å². The number of carboxylic acids is 1. The summed E-state index contributed by atoms with van der Waals surface area (Å²) in [6.07, 6.45) is 0.167. The van der Waals surface area contributed by atoms with E-state index in [0.717, 1.165) is 0 Å². The Hall–Kier alpha value is -2.72.